The molecule has 21 heavy (non-hydrogen) atoms. The minimum absolute atomic E-state index is 0.303. The maximum atomic E-state index is 6.39. The first-order valence-corrected chi connectivity index (χ1v) is 9.30. The van der Waals surface area contributed by atoms with Crippen LogP contribution in [0.15, 0.2) is 24.3 Å². The zero-order valence-electron chi connectivity index (χ0n) is 12.7. The number of hydrogen-bond acceptors (Lipinski definition) is 1. The van der Waals surface area contributed by atoms with Crippen molar-refractivity contribution in [2.75, 3.05) is 0 Å². The van der Waals surface area contributed by atoms with E-state index in [4.69, 9.17) is 4.74 Å². The third kappa shape index (κ3) is 1.01. The van der Waals surface area contributed by atoms with Gasteiger partial charge >= 0.3 is 0 Å². The molecule has 8 aliphatic carbocycles. The lowest BCUT2D eigenvalue weighted by Crippen LogP contribution is -2.53. The zero-order chi connectivity index (χ0) is 13.5. The van der Waals surface area contributed by atoms with E-state index < -0.39 is 0 Å². The highest BCUT2D eigenvalue weighted by molar-refractivity contribution is 5.30. The Bertz CT molecular complexity index is 585. The smallest absolute Gasteiger partial charge is 0.0745 e. The van der Waals surface area contributed by atoms with Crippen LogP contribution in [-0.4, -0.2) is 11.7 Å². The lowest BCUT2D eigenvalue weighted by atomic mass is 9.62. The molecule has 1 heterocycles. The minimum atomic E-state index is 0.303. The van der Waals surface area contributed by atoms with E-state index in [9.17, 15) is 0 Å². The first-order valence-electron chi connectivity index (χ1n) is 9.30. The van der Waals surface area contributed by atoms with Crippen LogP contribution in [0.3, 0.4) is 0 Å². The molecule has 0 aromatic rings. The standard InChI is InChI=1S/C20H24O/c1-20-16-7-10-6-13-9-2-4-11-12(5-3-9)17(11)14(13)8-15(16)19(21-20)18(10)20/h2-5,9-19H,6-8H2,1H3. The molecule has 0 aromatic heterocycles. The molecule has 110 valence electrons. The average Bonchev–Trinajstić information content (AvgIpc) is 3.02. The van der Waals surface area contributed by atoms with E-state index >= 15 is 0 Å². The molecule has 0 amide bonds. The fourth-order valence-corrected chi connectivity index (χ4v) is 8.43. The van der Waals surface area contributed by atoms with Gasteiger partial charge in [-0.1, -0.05) is 24.3 Å². The molecule has 10 atom stereocenters. The summed E-state index contributed by atoms with van der Waals surface area (Å²) in [5.41, 5.74) is 0.303. The van der Waals surface area contributed by atoms with Crippen LogP contribution in [0.25, 0.3) is 0 Å². The van der Waals surface area contributed by atoms with E-state index in [0.29, 0.717) is 11.7 Å². The van der Waals surface area contributed by atoms with Gasteiger partial charge in [0.15, 0.2) is 0 Å². The van der Waals surface area contributed by atoms with Gasteiger partial charge in [-0.15, -0.1) is 0 Å². The van der Waals surface area contributed by atoms with E-state index in [1.165, 1.54) is 19.3 Å². The van der Waals surface area contributed by atoms with Crippen LogP contribution in [-0.2, 0) is 4.74 Å². The Morgan fingerprint density at radius 1 is 0.905 bits per heavy atom. The Balaban J connectivity index is 1.36. The molecule has 1 heteroatoms. The lowest BCUT2D eigenvalue weighted by Gasteiger charge is -2.50. The summed E-state index contributed by atoms with van der Waals surface area (Å²) in [6.45, 7) is 2.45. The molecular weight excluding hydrogens is 256 g/mol. The van der Waals surface area contributed by atoms with Crippen molar-refractivity contribution in [3.63, 3.8) is 0 Å². The summed E-state index contributed by atoms with van der Waals surface area (Å²) >= 11 is 0. The number of rotatable bonds is 0. The van der Waals surface area contributed by atoms with E-state index in [0.717, 1.165) is 59.2 Å². The van der Waals surface area contributed by atoms with Gasteiger partial charge in [0, 0.05) is 5.92 Å². The van der Waals surface area contributed by atoms with Crippen LogP contribution < -0.4 is 0 Å². The lowest BCUT2D eigenvalue weighted by molar-refractivity contribution is -0.217. The Labute approximate surface area is 126 Å². The van der Waals surface area contributed by atoms with Gasteiger partial charge < -0.3 is 4.74 Å². The monoisotopic (exact) mass is 280 g/mol. The molecule has 10 unspecified atom stereocenters. The second-order valence-corrected chi connectivity index (χ2v) is 9.44. The molecule has 10 bridgehead atoms. The summed E-state index contributed by atoms with van der Waals surface area (Å²) in [6.07, 6.45) is 15.5. The van der Waals surface area contributed by atoms with E-state index in [-0.39, 0.29) is 0 Å². The van der Waals surface area contributed by atoms with E-state index in [1.54, 1.807) is 0 Å². The number of allylic oxidation sites excluding steroid dienone is 4. The second kappa shape index (κ2) is 3.07. The molecule has 9 rings (SSSR count). The van der Waals surface area contributed by atoms with Gasteiger partial charge in [-0.25, -0.2) is 0 Å². The molecule has 6 fully saturated rings. The van der Waals surface area contributed by atoms with Crippen molar-refractivity contribution >= 4 is 0 Å². The van der Waals surface area contributed by atoms with Crippen LogP contribution in [0.5, 0.6) is 0 Å². The molecule has 0 N–H and O–H groups in total. The summed E-state index contributed by atoms with van der Waals surface area (Å²) in [6, 6.07) is 0. The molecule has 1 nitrogen and oxygen atoms in total. The van der Waals surface area contributed by atoms with Crippen LogP contribution in [0.2, 0.25) is 0 Å². The molecule has 1 saturated heterocycles. The summed E-state index contributed by atoms with van der Waals surface area (Å²) in [5, 5.41) is 0. The molecule has 5 saturated carbocycles. The summed E-state index contributed by atoms with van der Waals surface area (Å²) in [7, 11) is 0. The van der Waals surface area contributed by atoms with Crippen molar-refractivity contribution in [3.8, 4) is 0 Å². The second-order valence-electron chi connectivity index (χ2n) is 9.44. The highest BCUT2D eigenvalue weighted by atomic mass is 16.5. The SMILES string of the molecule is CC12OC3C4CC5C(CC(CC41)C32)C1C=CC2C(C=C1)C25. The Morgan fingerprint density at radius 2 is 1.71 bits per heavy atom. The fraction of sp³-hybridized carbons (Fsp3) is 0.800. The third-order valence-electron chi connectivity index (χ3n) is 9.11. The van der Waals surface area contributed by atoms with Crippen LogP contribution in [0, 0.1) is 59.2 Å². The highest BCUT2D eigenvalue weighted by Crippen LogP contribution is 2.74. The van der Waals surface area contributed by atoms with Crippen LogP contribution >= 0.6 is 0 Å². The van der Waals surface area contributed by atoms with Crippen LogP contribution in [0.1, 0.15) is 26.2 Å². The molecule has 0 aromatic carbocycles. The average molecular weight is 280 g/mol. The van der Waals surface area contributed by atoms with Gasteiger partial charge in [0.2, 0.25) is 0 Å². The normalized spacial score (nSPS) is 73.5. The first-order chi connectivity index (χ1) is 10.3. The summed E-state index contributed by atoms with van der Waals surface area (Å²) in [4.78, 5) is 0. The van der Waals surface area contributed by atoms with Crippen molar-refractivity contribution in [1.29, 1.82) is 0 Å². The van der Waals surface area contributed by atoms with Crippen LogP contribution in [0.4, 0.5) is 0 Å². The maximum absolute atomic E-state index is 6.39. The number of hydrogen-bond donors (Lipinski definition) is 0. The fourth-order valence-electron chi connectivity index (χ4n) is 8.43. The van der Waals surface area contributed by atoms with Gasteiger partial charge in [0.25, 0.3) is 0 Å². The van der Waals surface area contributed by atoms with Gasteiger partial charge in [-0.3, -0.25) is 0 Å². The van der Waals surface area contributed by atoms with E-state index in [2.05, 4.69) is 31.2 Å². The highest BCUT2D eigenvalue weighted by Gasteiger charge is 2.76. The van der Waals surface area contributed by atoms with Crippen molar-refractivity contribution in [2.45, 2.75) is 37.9 Å². The van der Waals surface area contributed by atoms with E-state index in [1.807, 2.05) is 0 Å². The third-order valence-corrected chi connectivity index (χ3v) is 9.11. The van der Waals surface area contributed by atoms with Crippen molar-refractivity contribution < 1.29 is 4.74 Å². The van der Waals surface area contributed by atoms with Gasteiger partial charge in [-0.2, -0.15) is 0 Å². The molecule has 9 aliphatic rings. The first kappa shape index (κ1) is 11.0. The zero-order valence-corrected chi connectivity index (χ0v) is 12.7. The summed E-state index contributed by atoms with van der Waals surface area (Å²) < 4.78 is 6.39. The van der Waals surface area contributed by atoms with Crippen molar-refractivity contribution in [3.05, 3.63) is 24.3 Å². The Morgan fingerprint density at radius 3 is 2.48 bits per heavy atom. The largest absolute Gasteiger partial charge is 0.371 e. The Kier molecular flexibility index (Phi) is 1.61. The molecular formula is C20H24O. The quantitative estimate of drug-likeness (QED) is 0.615. The molecule has 0 radical (unpaired) electrons. The maximum Gasteiger partial charge on any atom is 0.0745 e. The van der Waals surface area contributed by atoms with Crippen molar-refractivity contribution in [2.24, 2.45) is 59.2 Å². The number of ether oxygens (including phenoxy) is 1. The molecule has 0 spiro atoms. The van der Waals surface area contributed by atoms with Gasteiger partial charge in [0.05, 0.1) is 11.7 Å². The van der Waals surface area contributed by atoms with Gasteiger partial charge in [0.1, 0.15) is 0 Å². The Hall–Kier alpha value is -0.560. The minimum Gasteiger partial charge on any atom is -0.371 e. The summed E-state index contributed by atoms with van der Waals surface area (Å²) in [5.74, 6) is 9.26. The molecule has 1 aliphatic heterocycles. The van der Waals surface area contributed by atoms with Crippen molar-refractivity contribution in [1.82, 2.24) is 0 Å². The predicted molar refractivity (Wildman–Crippen MR) is 80.3 cm³/mol. The predicted octanol–water partition coefficient (Wildman–Crippen LogP) is 3.67. The van der Waals surface area contributed by atoms with Gasteiger partial charge in [-0.05, 0) is 79.4 Å². The topological polar surface area (TPSA) is 9.23 Å².